The Morgan fingerprint density at radius 1 is 0.688 bits per heavy atom. The van der Waals surface area contributed by atoms with E-state index in [1.807, 2.05) is 0 Å². The van der Waals surface area contributed by atoms with Gasteiger partial charge >= 0.3 is 23.9 Å². The third kappa shape index (κ3) is 4.40. The van der Waals surface area contributed by atoms with Crippen molar-refractivity contribution in [1.29, 1.82) is 0 Å². The predicted octanol–water partition coefficient (Wildman–Crippen LogP) is -0.663. The fraction of sp³-hybridized carbons (Fsp3) is 0.500. The summed E-state index contributed by atoms with van der Waals surface area (Å²) in [5.74, 6) is -9.79. The average molecular weight is 234 g/mol. The molecule has 0 aliphatic heterocycles. The summed E-state index contributed by atoms with van der Waals surface area (Å²) in [6, 6.07) is 0. The van der Waals surface area contributed by atoms with Crippen molar-refractivity contribution in [1.82, 2.24) is 0 Å². The minimum absolute atomic E-state index is 0.931. The minimum atomic E-state index is -1.76. The van der Waals surface area contributed by atoms with Crippen LogP contribution in [-0.2, 0) is 19.2 Å². The zero-order valence-corrected chi connectivity index (χ0v) is 7.99. The van der Waals surface area contributed by atoms with Crippen LogP contribution < -0.4 is 0 Å². The maximum atomic E-state index is 10.6. The summed E-state index contributed by atoms with van der Waals surface area (Å²) in [5.41, 5.74) is 0. The van der Waals surface area contributed by atoms with Crippen LogP contribution >= 0.6 is 0 Å². The number of aliphatic carboxylic acids is 4. The number of carbonyl (C=O) groups is 4. The zero-order valence-electron chi connectivity index (χ0n) is 7.99. The molecule has 0 aromatic carbocycles. The molecule has 0 rings (SSSR count). The van der Waals surface area contributed by atoms with Gasteiger partial charge in [0.25, 0.3) is 0 Å². The smallest absolute Gasteiger partial charge is 0.307 e. The van der Waals surface area contributed by atoms with Crippen molar-refractivity contribution in [2.24, 2.45) is 11.8 Å². The molecule has 0 saturated carbocycles. The van der Waals surface area contributed by atoms with Gasteiger partial charge in [-0.2, -0.15) is 0 Å². The Morgan fingerprint density at radius 2 is 0.938 bits per heavy atom. The van der Waals surface area contributed by atoms with Crippen molar-refractivity contribution in [3.8, 4) is 0 Å². The Morgan fingerprint density at radius 3 is 1.06 bits per heavy atom. The van der Waals surface area contributed by atoms with E-state index in [2.05, 4.69) is 0 Å². The maximum absolute atomic E-state index is 10.6. The van der Waals surface area contributed by atoms with Crippen molar-refractivity contribution in [3.63, 3.8) is 0 Å². The SMILES string of the molecule is O=C(O)CC(C(=O)O)[C@@H](CC(=O)O)C(=O)O. The normalized spacial score (nSPS) is 13.8. The molecule has 0 radical (unpaired) electrons. The highest BCUT2D eigenvalue weighted by Gasteiger charge is 2.36. The van der Waals surface area contributed by atoms with Crippen molar-refractivity contribution in [2.75, 3.05) is 0 Å². The minimum Gasteiger partial charge on any atom is -0.481 e. The summed E-state index contributed by atoms with van der Waals surface area (Å²) in [6.07, 6.45) is -1.86. The molecule has 90 valence electrons. The standard InChI is InChI=1S/C8H10O8/c9-5(10)1-3(7(13)14)4(8(15)16)2-6(11)12/h3-4H,1-2H2,(H,9,10)(H,11,12)(H,13,14)(H,15,16)/t3-,4?/m1/s1. The van der Waals surface area contributed by atoms with Gasteiger partial charge in [-0.1, -0.05) is 0 Å². The molecule has 0 aromatic rings. The molecule has 0 fully saturated rings. The van der Waals surface area contributed by atoms with Gasteiger partial charge in [0.05, 0.1) is 24.7 Å². The molecule has 0 spiro atoms. The van der Waals surface area contributed by atoms with Gasteiger partial charge in [0.1, 0.15) is 0 Å². The van der Waals surface area contributed by atoms with Crippen molar-refractivity contribution < 1.29 is 39.6 Å². The lowest BCUT2D eigenvalue weighted by Crippen LogP contribution is -2.33. The van der Waals surface area contributed by atoms with Gasteiger partial charge in [0.2, 0.25) is 0 Å². The lowest BCUT2D eigenvalue weighted by molar-refractivity contribution is -0.160. The molecule has 8 heteroatoms. The first-order chi connectivity index (χ1) is 7.25. The highest BCUT2D eigenvalue weighted by molar-refractivity contribution is 5.86. The average Bonchev–Trinajstić information content (AvgIpc) is 2.09. The largest absolute Gasteiger partial charge is 0.481 e. The van der Waals surface area contributed by atoms with Gasteiger partial charge in [0.15, 0.2) is 0 Å². The van der Waals surface area contributed by atoms with Crippen LogP contribution in [0.5, 0.6) is 0 Å². The predicted molar refractivity (Wildman–Crippen MR) is 46.8 cm³/mol. The van der Waals surface area contributed by atoms with Gasteiger partial charge in [-0.15, -0.1) is 0 Å². The Bertz CT molecular complexity index is 288. The monoisotopic (exact) mass is 234 g/mol. The van der Waals surface area contributed by atoms with E-state index in [4.69, 9.17) is 20.4 Å². The second-order valence-corrected chi connectivity index (χ2v) is 3.09. The molecule has 0 saturated heterocycles. The lowest BCUT2D eigenvalue weighted by Gasteiger charge is -2.16. The van der Waals surface area contributed by atoms with Crippen molar-refractivity contribution in [3.05, 3.63) is 0 Å². The Balaban J connectivity index is 4.93. The molecule has 16 heavy (non-hydrogen) atoms. The summed E-state index contributed by atoms with van der Waals surface area (Å²) < 4.78 is 0. The van der Waals surface area contributed by atoms with Crippen LogP contribution in [-0.4, -0.2) is 44.3 Å². The zero-order chi connectivity index (χ0) is 12.9. The highest BCUT2D eigenvalue weighted by Crippen LogP contribution is 2.20. The van der Waals surface area contributed by atoms with E-state index in [1.54, 1.807) is 0 Å². The van der Waals surface area contributed by atoms with Crippen LogP contribution in [0, 0.1) is 11.8 Å². The molecule has 2 atom stereocenters. The molecule has 0 heterocycles. The first-order valence-electron chi connectivity index (χ1n) is 4.15. The second-order valence-electron chi connectivity index (χ2n) is 3.09. The van der Waals surface area contributed by atoms with E-state index in [-0.39, 0.29) is 0 Å². The third-order valence-electron chi connectivity index (χ3n) is 1.91. The number of carboxylic acids is 4. The first kappa shape index (κ1) is 13.9. The molecule has 0 aliphatic rings. The van der Waals surface area contributed by atoms with E-state index in [0.717, 1.165) is 0 Å². The fourth-order valence-electron chi connectivity index (χ4n) is 1.18. The molecule has 0 bridgehead atoms. The first-order valence-corrected chi connectivity index (χ1v) is 4.15. The highest BCUT2D eigenvalue weighted by atomic mass is 16.4. The van der Waals surface area contributed by atoms with Gasteiger partial charge in [-0.3, -0.25) is 19.2 Å². The Hall–Kier alpha value is -2.12. The van der Waals surface area contributed by atoms with Crippen LogP contribution in [0.25, 0.3) is 0 Å². The van der Waals surface area contributed by atoms with Gasteiger partial charge in [-0.25, -0.2) is 0 Å². The summed E-state index contributed by atoms with van der Waals surface area (Å²) in [5, 5.41) is 34.1. The van der Waals surface area contributed by atoms with Crippen LogP contribution in [0.1, 0.15) is 12.8 Å². The third-order valence-corrected chi connectivity index (χ3v) is 1.91. The van der Waals surface area contributed by atoms with Crippen LogP contribution in [0.2, 0.25) is 0 Å². The molecule has 0 aromatic heterocycles. The molecule has 4 N–H and O–H groups in total. The summed E-state index contributed by atoms with van der Waals surface area (Å²) in [7, 11) is 0. The Kier molecular flexibility index (Phi) is 4.93. The number of hydrogen-bond donors (Lipinski definition) is 4. The molecule has 1 unspecified atom stereocenters. The van der Waals surface area contributed by atoms with E-state index >= 15 is 0 Å². The van der Waals surface area contributed by atoms with Gasteiger partial charge in [0, 0.05) is 0 Å². The molecule has 0 amide bonds. The number of hydrogen-bond acceptors (Lipinski definition) is 4. The van der Waals surface area contributed by atoms with Crippen LogP contribution in [0.4, 0.5) is 0 Å². The molecular formula is C8H10O8. The Labute approximate surface area is 89.1 Å². The van der Waals surface area contributed by atoms with E-state index in [1.165, 1.54) is 0 Å². The molecular weight excluding hydrogens is 224 g/mol. The topological polar surface area (TPSA) is 149 Å². The fourth-order valence-corrected chi connectivity index (χ4v) is 1.18. The molecule has 8 nitrogen and oxygen atoms in total. The summed E-state index contributed by atoms with van der Waals surface area (Å²) in [4.78, 5) is 41.9. The van der Waals surface area contributed by atoms with Crippen molar-refractivity contribution in [2.45, 2.75) is 12.8 Å². The van der Waals surface area contributed by atoms with Gasteiger partial charge < -0.3 is 20.4 Å². The van der Waals surface area contributed by atoms with E-state index < -0.39 is 48.6 Å². The van der Waals surface area contributed by atoms with Crippen LogP contribution in [0.15, 0.2) is 0 Å². The van der Waals surface area contributed by atoms with Gasteiger partial charge in [-0.05, 0) is 0 Å². The van der Waals surface area contributed by atoms with E-state index in [0.29, 0.717) is 0 Å². The van der Waals surface area contributed by atoms with Crippen molar-refractivity contribution >= 4 is 23.9 Å². The second kappa shape index (κ2) is 5.69. The summed E-state index contributed by atoms with van der Waals surface area (Å²) >= 11 is 0. The quantitative estimate of drug-likeness (QED) is 0.453. The maximum Gasteiger partial charge on any atom is 0.307 e. The number of rotatable bonds is 7. The molecule has 0 aliphatic carbocycles. The van der Waals surface area contributed by atoms with E-state index in [9.17, 15) is 19.2 Å². The number of carboxylic acid groups (broad SMARTS) is 4. The lowest BCUT2D eigenvalue weighted by atomic mass is 9.87. The van der Waals surface area contributed by atoms with Crippen LogP contribution in [0.3, 0.4) is 0 Å². The summed E-state index contributed by atoms with van der Waals surface area (Å²) in [6.45, 7) is 0.